The van der Waals surface area contributed by atoms with Crippen molar-refractivity contribution in [1.29, 1.82) is 0 Å². The zero-order valence-electron chi connectivity index (χ0n) is 14.2. The normalized spacial score (nSPS) is 11.3. The van der Waals surface area contributed by atoms with Gasteiger partial charge in [-0.15, -0.1) is 11.3 Å². The quantitative estimate of drug-likeness (QED) is 0.701. The molecule has 3 rings (SSSR count). The van der Waals surface area contributed by atoms with Crippen molar-refractivity contribution < 1.29 is 4.79 Å². The minimum Gasteiger partial charge on any atom is -0.351 e. The Bertz CT molecular complexity index is 850. The monoisotopic (exact) mass is 342 g/mol. The molecule has 3 aromatic rings. The lowest BCUT2D eigenvalue weighted by atomic mass is 10.2. The van der Waals surface area contributed by atoms with Gasteiger partial charge in [-0.25, -0.2) is 4.98 Å². The number of nitrogens with zero attached hydrogens (tertiary/aromatic N) is 3. The third kappa shape index (κ3) is 3.49. The lowest BCUT2D eigenvalue weighted by molar-refractivity contribution is 0.0948. The summed E-state index contributed by atoms with van der Waals surface area (Å²) >= 11 is 1.50. The molecule has 0 aliphatic heterocycles. The van der Waals surface area contributed by atoms with Crippen LogP contribution in [0.15, 0.2) is 35.7 Å². The molecule has 1 amide bonds. The van der Waals surface area contributed by atoms with Crippen molar-refractivity contribution in [3.63, 3.8) is 0 Å². The Morgan fingerprint density at radius 1 is 1.33 bits per heavy atom. The second-order valence-corrected chi connectivity index (χ2v) is 6.96. The SMILES string of the molecule is CN(C)CCCNC(=O)c1csc(-c2cc3ccccc3n2C)n1. The Balaban J connectivity index is 1.72. The molecule has 0 unspecified atom stereocenters. The van der Waals surface area contributed by atoms with Crippen molar-refractivity contribution >= 4 is 28.1 Å². The van der Waals surface area contributed by atoms with Crippen LogP contribution in [0.4, 0.5) is 0 Å². The molecular weight excluding hydrogens is 320 g/mol. The standard InChI is InChI=1S/C18H22N4OS/c1-21(2)10-6-9-19-17(23)14-12-24-18(20-14)16-11-13-7-4-5-8-15(13)22(16)3/h4-5,7-8,11-12H,6,9-10H2,1-3H3,(H,19,23). The van der Waals surface area contributed by atoms with Gasteiger partial charge in [0.15, 0.2) is 0 Å². The summed E-state index contributed by atoms with van der Waals surface area (Å²) in [5.74, 6) is -0.102. The van der Waals surface area contributed by atoms with E-state index in [1.54, 1.807) is 0 Å². The summed E-state index contributed by atoms with van der Waals surface area (Å²) in [4.78, 5) is 18.8. The first kappa shape index (κ1) is 16.7. The smallest absolute Gasteiger partial charge is 0.270 e. The Morgan fingerprint density at radius 3 is 2.88 bits per heavy atom. The average Bonchev–Trinajstić information content (AvgIpc) is 3.17. The highest BCUT2D eigenvalue weighted by Gasteiger charge is 2.14. The Morgan fingerprint density at radius 2 is 2.12 bits per heavy atom. The molecule has 2 aromatic heterocycles. The topological polar surface area (TPSA) is 50.2 Å². The number of thiazole rings is 1. The zero-order valence-corrected chi connectivity index (χ0v) is 15.1. The van der Waals surface area contributed by atoms with Crippen molar-refractivity contribution in [3.05, 3.63) is 41.4 Å². The average molecular weight is 342 g/mol. The van der Waals surface area contributed by atoms with Crippen molar-refractivity contribution in [2.45, 2.75) is 6.42 Å². The summed E-state index contributed by atoms with van der Waals surface area (Å²) < 4.78 is 2.12. The second kappa shape index (κ2) is 7.15. The van der Waals surface area contributed by atoms with E-state index in [0.717, 1.165) is 29.2 Å². The molecule has 0 fully saturated rings. The highest BCUT2D eigenvalue weighted by atomic mass is 32.1. The number of carbonyl (C=O) groups is 1. The molecule has 1 aromatic carbocycles. The molecule has 0 spiro atoms. The summed E-state index contributed by atoms with van der Waals surface area (Å²) in [6.45, 7) is 1.62. The highest BCUT2D eigenvalue weighted by Crippen LogP contribution is 2.29. The van der Waals surface area contributed by atoms with Crippen molar-refractivity contribution in [2.24, 2.45) is 7.05 Å². The molecule has 126 valence electrons. The molecule has 0 saturated carbocycles. The third-order valence-corrected chi connectivity index (χ3v) is 4.84. The Hall–Kier alpha value is -2.18. The van der Waals surface area contributed by atoms with Crippen LogP contribution in [0.25, 0.3) is 21.6 Å². The van der Waals surface area contributed by atoms with E-state index in [1.165, 1.54) is 16.7 Å². The number of benzene rings is 1. The molecule has 1 N–H and O–H groups in total. The summed E-state index contributed by atoms with van der Waals surface area (Å²) in [6, 6.07) is 10.4. The van der Waals surface area contributed by atoms with E-state index in [9.17, 15) is 4.79 Å². The molecule has 0 aliphatic carbocycles. The fraction of sp³-hybridized carbons (Fsp3) is 0.333. The number of carbonyl (C=O) groups excluding carboxylic acids is 1. The van der Waals surface area contributed by atoms with Crippen molar-refractivity contribution in [2.75, 3.05) is 27.2 Å². The largest absolute Gasteiger partial charge is 0.351 e. The fourth-order valence-electron chi connectivity index (χ4n) is 2.68. The number of hydrogen-bond acceptors (Lipinski definition) is 4. The first-order valence-electron chi connectivity index (χ1n) is 7.99. The van der Waals surface area contributed by atoms with Gasteiger partial charge in [0.2, 0.25) is 0 Å². The molecule has 0 radical (unpaired) electrons. The minimum atomic E-state index is -0.102. The molecule has 0 aliphatic rings. The summed E-state index contributed by atoms with van der Waals surface area (Å²) in [6.07, 6.45) is 0.929. The maximum Gasteiger partial charge on any atom is 0.270 e. The van der Waals surface area contributed by atoms with E-state index in [0.29, 0.717) is 12.2 Å². The molecule has 0 saturated heterocycles. The van der Waals surface area contributed by atoms with Gasteiger partial charge in [-0.05, 0) is 39.2 Å². The minimum absolute atomic E-state index is 0.102. The van der Waals surface area contributed by atoms with E-state index in [1.807, 2.05) is 38.7 Å². The highest BCUT2D eigenvalue weighted by molar-refractivity contribution is 7.13. The zero-order chi connectivity index (χ0) is 17.1. The van der Waals surface area contributed by atoms with E-state index < -0.39 is 0 Å². The molecule has 0 bridgehead atoms. The summed E-state index contributed by atoms with van der Waals surface area (Å²) in [7, 11) is 6.08. The van der Waals surface area contributed by atoms with E-state index >= 15 is 0 Å². The van der Waals surface area contributed by atoms with Crippen LogP contribution in [0.2, 0.25) is 0 Å². The predicted molar refractivity (Wildman–Crippen MR) is 99.5 cm³/mol. The lowest BCUT2D eigenvalue weighted by Gasteiger charge is -2.09. The number of aryl methyl sites for hydroxylation is 1. The van der Waals surface area contributed by atoms with Crippen LogP contribution in [0.5, 0.6) is 0 Å². The predicted octanol–water partition coefficient (Wildman–Crippen LogP) is 2.98. The number of aromatic nitrogens is 2. The summed E-state index contributed by atoms with van der Waals surface area (Å²) in [5, 5.41) is 6.81. The number of para-hydroxylation sites is 1. The second-order valence-electron chi connectivity index (χ2n) is 6.10. The molecule has 24 heavy (non-hydrogen) atoms. The van der Waals surface area contributed by atoms with Gasteiger partial charge < -0.3 is 14.8 Å². The van der Waals surface area contributed by atoms with Gasteiger partial charge >= 0.3 is 0 Å². The van der Waals surface area contributed by atoms with E-state index in [2.05, 4.69) is 38.0 Å². The van der Waals surface area contributed by atoms with Gasteiger partial charge in [-0.3, -0.25) is 4.79 Å². The number of hydrogen-bond donors (Lipinski definition) is 1. The van der Waals surface area contributed by atoms with Crippen LogP contribution in [-0.2, 0) is 7.05 Å². The molecular formula is C18H22N4OS. The van der Waals surface area contributed by atoms with Gasteiger partial charge in [0.05, 0.1) is 5.69 Å². The van der Waals surface area contributed by atoms with Crippen molar-refractivity contribution in [1.82, 2.24) is 19.8 Å². The van der Waals surface area contributed by atoms with Crippen LogP contribution in [0.3, 0.4) is 0 Å². The van der Waals surface area contributed by atoms with Gasteiger partial charge in [0.1, 0.15) is 10.7 Å². The van der Waals surface area contributed by atoms with Crippen molar-refractivity contribution in [3.8, 4) is 10.7 Å². The Labute approximate surface area is 145 Å². The van der Waals surface area contributed by atoms with Gasteiger partial charge in [0.25, 0.3) is 5.91 Å². The summed E-state index contributed by atoms with van der Waals surface area (Å²) in [5.41, 5.74) is 2.69. The fourth-order valence-corrected chi connectivity index (χ4v) is 3.53. The Kier molecular flexibility index (Phi) is 4.97. The van der Waals surface area contributed by atoms with Crippen LogP contribution in [-0.4, -0.2) is 47.5 Å². The van der Waals surface area contributed by atoms with Gasteiger partial charge in [-0.1, -0.05) is 18.2 Å². The van der Waals surface area contributed by atoms with Crippen LogP contribution in [0, 0.1) is 0 Å². The van der Waals surface area contributed by atoms with Gasteiger partial charge in [-0.2, -0.15) is 0 Å². The molecule has 5 nitrogen and oxygen atoms in total. The molecule has 0 atom stereocenters. The number of nitrogens with one attached hydrogen (secondary N) is 1. The number of rotatable bonds is 6. The first-order valence-corrected chi connectivity index (χ1v) is 8.87. The first-order chi connectivity index (χ1) is 11.6. The molecule has 6 heteroatoms. The maximum atomic E-state index is 12.2. The number of amides is 1. The maximum absolute atomic E-state index is 12.2. The molecule has 2 heterocycles. The van der Waals surface area contributed by atoms with Crippen LogP contribution < -0.4 is 5.32 Å². The van der Waals surface area contributed by atoms with E-state index in [-0.39, 0.29) is 5.91 Å². The van der Waals surface area contributed by atoms with E-state index in [4.69, 9.17) is 0 Å². The van der Waals surface area contributed by atoms with Crippen LogP contribution in [0.1, 0.15) is 16.9 Å². The van der Waals surface area contributed by atoms with Gasteiger partial charge in [0, 0.05) is 29.9 Å². The lowest BCUT2D eigenvalue weighted by Crippen LogP contribution is -2.27. The van der Waals surface area contributed by atoms with Crippen LogP contribution >= 0.6 is 11.3 Å². The number of fused-ring (bicyclic) bond motifs is 1. The third-order valence-electron chi connectivity index (χ3n) is 3.98.